The molecule has 4 heterocycles. The second-order valence-corrected chi connectivity index (χ2v) is 12.0. The molecule has 0 aliphatic heterocycles. The minimum absolute atomic E-state index is 0. The van der Waals surface area contributed by atoms with Crippen molar-refractivity contribution in [2.24, 2.45) is 0 Å². The molecule has 0 fully saturated rings. The molecule has 8 rings (SSSR count). The molecule has 0 unspecified atom stereocenters. The van der Waals surface area contributed by atoms with Crippen molar-refractivity contribution in [1.82, 2.24) is 24.5 Å². The molecule has 7 nitrogen and oxygen atoms in total. The van der Waals surface area contributed by atoms with Crippen LogP contribution in [0.15, 0.2) is 104 Å². The van der Waals surface area contributed by atoms with Gasteiger partial charge in [-0.25, -0.2) is 9.97 Å². The fourth-order valence-corrected chi connectivity index (χ4v) is 5.74. The number of hydrogen-bond acceptors (Lipinski definition) is 6. The summed E-state index contributed by atoms with van der Waals surface area (Å²) in [5, 5.41) is 1.90. The van der Waals surface area contributed by atoms with Gasteiger partial charge in [-0.3, -0.25) is 0 Å². The Labute approximate surface area is 325 Å². The van der Waals surface area contributed by atoms with E-state index >= 15 is 0 Å². The first-order valence-electron chi connectivity index (χ1n) is 15.9. The van der Waals surface area contributed by atoms with Gasteiger partial charge in [0.15, 0.2) is 0 Å². The van der Waals surface area contributed by atoms with Crippen molar-refractivity contribution in [1.29, 1.82) is 0 Å². The van der Waals surface area contributed by atoms with Crippen LogP contribution in [0.1, 0.15) is 22.3 Å². The van der Waals surface area contributed by atoms with Gasteiger partial charge in [0, 0.05) is 47.8 Å². The zero-order valence-electron chi connectivity index (χ0n) is 28.0. The smallest absolute Gasteiger partial charge is 0.503 e. The number of hydrogen-bond donors (Lipinski definition) is 0. The number of pyridine rings is 2. The van der Waals surface area contributed by atoms with E-state index in [4.69, 9.17) is 9.47 Å². The Morgan fingerprint density at radius 3 is 1.43 bits per heavy atom. The van der Waals surface area contributed by atoms with E-state index in [0.717, 1.165) is 66.6 Å². The minimum atomic E-state index is 0. The number of benzene rings is 4. The van der Waals surface area contributed by atoms with Crippen LogP contribution >= 0.6 is 0 Å². The van der Waals surface area contributed by atoms with Crippen molar-refractivity contribution in [3.05, 3.63) is 150 Å². The van der Waals surface area contributed by atoms with Crippen LogP contribution < -0.4 is 9.47 Å². The van der Waals surface area contributed by atoms with Crippen molar-refractivity contribution in [2.75, 3.05) is 0 Å². The normalized spacial score (nSPS) is 10.8. The van der Waals surface area contributed by atoms with Gasteiger partial charge in [-0.1, -0.05) is 71.4 Å². The predicted octanol–water partition coefficient (Wildman–Crippen LogP) is 9.71. The summed E-state index contributed by atoms with van der Waals surface area (Å²) in [7, 11) is 0. The van der Waals surface area contributed by atoms with Crippen molar-refractivity contribution in [3.8, 4) is 51.5 Å². The first-order valence-corrected chi connectivity index (χ1v) is 15.9. The molecule has 0 N–H and O–H groups in total. The molecule has 0 saturated carbocycles. The number of aryl methyl sites for hydroxylation is 4. The molecular weight excluding hydrogens is 997 g/mol. The van der Waals surface area contributed by atoms with E-state index in [9.17, 15) is 0 Å². The molecular formula is C42H29N5O2Pt2. The molecule has 0 radical (unpaired) electrons. The maximum absolute atomic E-state index is 6.43. The Bertz CT molecular complexity index is 2360. The third-order valence-corrected chi connectivity index (χ3v) is 8.31. The van der Waals surface area contributed by atoms with Crippen molar-refractivity contribution < 1.29 is 51.6 Å². The van der Waals surface area contributed by atoms with Crippen molar-refractivity contribution in [2.45, 2.75) is 27.7 Å². The third kappa shape index (κ3) is 7.28. The SMILES string of the molecule is Cc1ccnc(-c2[c-]c(Oc3[c-]c4c(cc3)c3ccc(Oc5[c-]c(-c6cc(C)ccn6)ccc5C)[c-]c3n4-c3ncccn3)c(C)cc2)c1.[Pt+2].[Pt+2]. The molecule has 4 aromatic heterocycles. The van der Waals surface area contributed by atoms with Gasteiger partial charge < -0.3 is 24.0 Å². The number of aromatic nitrogens is 5. The second kappa shape index (κ2) is 15.1. The molecule has 0 atom stereocenters. The van der Waals surface area contributed by atoms with Crippen LogP contribution in [0.3, 0.4) is 0 Å². The standard InChI is InChI=1S/C42H29N5O2.2Pt/c1-26-14-18-43-36(20-26)30-8-6-28(3)40(22-30)48-32-10-12-34-35-13-11-33(25-39(35)47(38(34)24-32)42-45-16-5-17-46-42)49-41-23-31(9-7-29(41)4)37-21-27(2)15-19-44-37;;/h5-21H,1-4H3;;/q-4;2*+2. The molecule has 4 aromatic carbocycles. The summed E-state index contributed by atoms with van der Waals surface area (Å²) < 4.78 is 14.8. The fourth-order valence-electron chi connectivity index (χ4n) is 5.74. The zero-order valence-corrected chi connectivity index (χ0v) is 32.5. The molecule has 0 aliphatic carbocycles. The van der Waals surface area contributed by atoms with E-state index in [2.05, 4.69) is 44.2 Å². The summed E-state index contributed by atoms with van der Waals surface area (Å²) >= 11 is 0. The van der Waals surface area contributed by atoms with Crippen LogP contribution in [0.5, 0.6) is 23.0 Å². The molecule has 0 aliphatic rings. The topological polar surface area (TPSA) is 75.0 Å². The van der Waals surface area contributed by atoms with E-state index in [1.54, 1.807) is 30.9 Å². The first kappa shape index (κ1) is 35.8. The second-order valence-electron chi connectivity index (χ2n) is 12.0. The maximum atomic E-state index is 6.43. The van der Waals surface area contributed by atoms with Crippen molar-refractivity contribution >= 4 is 21.8 Å². The fraction of sp³-hybridized carbons (Fsp3) is 0.0952. The van der Waals surface area contributed by atoms with Gasteiger partial charge in [0.2, 0.25) is 5.95 Å². The molecule has 254 valence electrons. The van der Waals surface area contributed by atoms with E-state index in [0.29, 0.717) is 28.9 Å². The van der Waals surface area contributed by atoms with Crippen LogP contribution in [0.4, 0.5) is 0 Å². The van der Waals surface area contributed by atoms with E-state index in [-0.39, 0.29) is 42.1 Å². The van der Waals surface area contributed by atoms with Gasteiger partial charge in [0.1, 0.15) is 0 Å². The van der Waals surface area contributed by atoms with Gasteiger partial charge in [-0.2, -0.15) is 22.9 Å². The number of ether oxygens (including phenoxy) is 2. The van der Waals surface area contributed by atoms with E-state index in [1.165, 1.54) is 0 Å². The van der Waals surface area contributed by atoms with Crippen LogP contribution in [0.25, 0.3) is 50.3 Å². The van der Waals surface area contributed by atoms with Crippen LogP contribution in [-0.2, 0) is 42.1 Å². The molecule has 8 aromatic rings. The monoisotopic (exact) mass is 1030 g/mol. The Hall–Kier alpha value is -4.96. The molecule has 0 amide bonds. The number of nitrogens with zero attached hydrogens (tertiary/aromatic N) is 5. The molecule has 51 heavy (non-hydrogen) atoms. The van der Waals surface area contributed by atoms with Gasteiger partial charge in [0.25, 0.3) is 0 Å². The van der Waals surface area contributed by atoms with Gasteiger partial charge in [-0.15, -0.1) is 59.7 Å². The average Bonchev–Trinajstić information content (AvgIpc) is 3.43. The molecule has 9 heteroatoms. The van der Waals surface area contributed by atoms with Crippen molar-refractivity contribution in [3.63, 3.8) is 0 Å². The Kier molecular flexibility index (Phi) is 10.6. The largest absolute Gasteiger partial charge is 2.00 e. The molecule has 0 saturated heterocycles. The first-order chi connectivity index (χ1) is 23.9. The maximum Gasteiger partial charge on any atom is 2.00 e. The van der Waals surface area contributed by atoms with E-state index in [1.807, 2.05) is 105 Å². The zero-order chi connectivity index (χ0) is 33.5. The van der Waals surface area contributed by atoms with Crippen LogP contribution in [0, 0.1) is 52.0 Å². The summed E-state index contributed by atoms with van der Waals surface area (Å²) in [6.45, 7) is 8.08. The number of fused-ring (bicyclic) bond motifs is 3. The van der Waals surface area contributed by atoms with Crippen LogP contribution in [0.2, 0.25) is 0 Å². The third-order valence-electron chi connectivity index (χ3n) is 8.31. The van der Waals surface area contributed by atoms with Gasteiger partial charge in [-0.05, 0) is 43.4 Å². The number of rotatable bonds is 7. The van der Waals surface area contributed by atoms with Crippen LogP contribution in [-0.4, -0.2) is 24.5 Å². The quantitative estimate of drug-likeness (QED) is 0.148. The summed E-state index contributed by atoms with van der Waals surface area (Å²) in [5.74, 6) is 2.75. The summed E-state index contributed by atoms with van der Waals surface area (Å²) in [5.41, 5.74) is 9.03. The molecule has 0 spiro atoms. The van der Waals surface area contributed by atoms with Gasteiger partial charge in [0.05, 0.1) is 0 Å². The Balaban J connectivity index is 0.00000224. The Morgan fingerprint density at radius 1 is 0.510 bits per heavy atom. The Morgan fingerprint density at radius 2 is 0.980 bits per heavy atom. The molecule has 0 bridgehead atoms. The van der Waals surface area contributed by atoms with E-state index < -0.39 is 0 Å². The predicted molar refractivity (Wildman–Crippen MR) is 190 cm³/mol. The minimum Gasteiger partial charge on any atom is -0.503 e. The average molecular weight is 1030 g/mol. The van der Waals surface area contributed by atoms with Gasteiger partial charge >= 0.3 is 42.1 Å². The summed E-state index contributed by atoms with van der Waals surface area (Å²) in [6.07, 6.45) is 7.04. The summed E-state index contributed by atoms with van der Waals surface area (Å²) in [4.78, 5) is 18.2. The summed E-state index contributed by atoms with van der Waals surface area (Å²) in [6, 6.07) is 39.5.